The highest BCUT2D eigenvalue weighted by molar-refractivity contribution is 14.0. The van der Waals surface area contributed by atoms with E-state index in [-0.39, 0.29) is 29.7 Å². The van der Waals surface area contributed by atoms with Gasteiger partial charge in [0.15, 0.2) is 12.6 Å². The van der Waals surface area contributed by atoms with E-state index in [1.165, 1.54) is 6.07 Å². The molecule has 0 aliphatic heterocycles. The molecular weight excluding hydrogens is 512 g/mol. The van der Waals surface area contributed by atoms with Crippen LogP contribution in [0.15, 0.2) is 33.8 Å². The molecule has 0 saturated carbocycles. The number of aliphatic imine (C=N–C) groups is 1. The molecule has 0 spiro atoms. The van der Waals surface area contributed by atoms with Crippen molar-refractivity contribution in [1.82, 2.24) is 15.8 Å². The summed E-state index contributed by atoms with van der Waals surface area (Å²) in [4.78, 5) is 4.51. The second kappa shape index (κ2) is 12.7. The molecule has 0 amide bonds. The number of hydrogen-bond donors (Lipinski definition) is 2. The van der Waals surface area contributed by atoms with Gasteiger partial charge in [0.05, 0.1) is 12.2 Å². The summed E-state index contributed by atoms with van der Waals surface area (Å²) >= 11 is 0. The lowest BCUT2D eigenvalue weighted by Crippen LogP contribution is -2.37. The van der Waals surface area contributed by atoms with Crippen molar-refractivity contribution in [2.24, 2.45) is 4.99 Å². The summed E-state index contributed by atoms with van der Waals surface area (Å²) in [6.45, 7) is 6.16. The first-order valence-corrected chi connectivity index (χ1v) is 9.63. The minimum Gasteiger partial charge on any atom is -0.484 e. The molecule has 0 fully saturated rings. The third-order valence-electron chi connectivity index (χ3n) is 4.10. The molecule has 2 aromatic rings. The summed E-state index contributed by atoms with van der Waals surface area (Å²) in [6.07, 6.45) is -2.84. The lowest BCUT2D eigenvalue weighted by molar-refractivity contribution is -0.153. The van der Waals surface area contributed by atoms with Crippen LogP contribution in [0.1, 0.15) is 43.4 Å². The Bertz CT molecular complexity index is 788. The van der Waals surface area contributed by atoms with Crippen molar-refractivity contribution in [2.75, 3.05) is 13.2 Å². The monoisotopic (exact) mass is 540 g/mol. The molecule has 1 heterocycles. The first-order valence-electron chi connectivity index (χ1n) is 9.63. The molecule has 1 aromatic carbocycles. The Balaban J connectivity index is 0.00000450. The molecule has 0 aliphatic carbocycles. The third kappa shape index (κ3) is 8.41. The Morgan fingerprint density at radius 1 is 1.17 bits per heavy atom. The maximum absolute atomic E-state index is 12.3. The molecule has 0 aliphatic rings. The zero-order valence-electron chi connectivity index (χ0n) is 17.3. The standard InChI is InChI=1S/C20H27F3N4O2.HI/c1-4-17-16(18(5-2)29-27-17)12-26-19(24-6-3)25-11-14-8-7-9-15(10-14)28-13-20(21,22)23;/h7-10H,4-6,11-13H2,1-3H3,(H2,24,25,26);1H. The highest BCUT2D eigenvalue weighted by Gasteiger charge is 2.28. The average molecular weight is 540 g/mol. The Hall–Kier alpha value is -1.98. The number of benzene rings is 1. The summed E-state index contributed by atoms with van der Waals surface area (Å²) in [5.74, 6) is 1.61. The predicted octanol–water partition coefficient (Wildman–Crippen LogP) is 4.61. The highest BCUT2D eigenvalue weighted by Crippen LogP contribution is 2.20. The van der Waals surface area contributed by atoms with E-state index in [4.69, 9.17) is 9.26 Å². The number of alkyl halides is 3. The van der Waals surface area contributed by atoms with Crippen LogP contribution in [-0.2, 0) is 25.9 Å². The Morgan fingerprint density at radius 2 is 1.93 bits per heavy atom. The molecule has 1 aromatic heterocycles. The molecule has 0 atom stereocenters. The van der Waals surface area contributed by atoms with E-state index in [1.807, 2.05) is 20.8 Å². The van der Waals surface area contributed by atoms with Crippen molar-refractivity contribution in [3.63, 3.8) is 0 Å². The molecule has 168 valence electrons. The van der Waals surface area contributed by atoms with Crippen molar-refractivity contribution in [1.29, 1.82) is 0 Å². The maximum atomic E-state index is 12.3. The third-order valence-corrected chi connectivity index (χ3v) is 4.10. The predicted molar refractivity (Wildman–Crippen MR) is 120 cm³/mol. The molecule has 0 bridgehead atoms. The molecule has 30 heavy (non-hydrogen) atoms. The van der Waals surface area contributed by atoms with E-state index in [0.29, 0.717) is 25.6 Å². The zero-order valence-corrected chi connectivity index (χ0v) is 19.6. The van der Waals surface area contributed by atoms with Gasteiger partial charge in [0, 0.05) is 25.1 Å². The van der Waals surface area contributed by atoms with E-state index in [0.717, 1.165) is 35.4 Å². The molecule has 0 radical (unpaired) electrons. The topological polar surface area (TPSA) is 71.7 Å². The fourth-order valence-corrected chi connectivity index (χ4v) is 2.72. The first-order chi connectivity index (χ1) is 13.9. The van der Waals surface area contributed by atoms with Crippen LogP contribution in [0.4, 0.5) is 13.2 Å². The minimum atomic E-state index is -4.37. The second-order valence-corrected chi connectivity index (χ2v) is 6.34. The van der Waals surface area contributed by atoms with E-state index >= 15 is 0 Å². The molecule has 6 nitrogen and oxygen atoms in total. The van der Waals surface area contributed by atoms with Crippen molar-refractivity contribution in [3.05, 3.63) is 46.8 Å². The quantitative estimate of drug-likeness (QED) is 0.276. The van der Waals surface area contributed by atoms with Crippen molar-refractivity contribution in [3.8, 4) is 5.75 Å². The van der Waals surface area contributed by atoms with Crippen LogP contribution in [0, 0.1) is 0 Å². The fourth-order valence-electron chi connectivity index (χ4n) is 2.72. The van der Waals surface area contributed by atoms with Crippen LogP contribution in [-0.4, -0.2) is 30.4 Å². The van der Waals surface area contributed by atoms with Crippen molar-refractivity contribution >= 4 is 29.9 Å². The summed E-state index contributed by atoms with van der Waals surface area (Å²) in [7, 11) is 0. The number of aryl methyl sites for hydroxylation is 2. The minimum absolute atomic E-state index is 0. The van der Waals surface area contributed by atoms with Crippen molar-refractivity contribution in [2.45, 2.75) is 52.9 Å². The molecule has 2 N–H and O–H groups in total. The average Bonchev–Trinajstić information content (AvgIpc) is 3.10. The summed E-state index contributed by atoms with van der Waals surface area (Å²) in [5.41, 5.74) is 2.69. The van der Waals surface area contributed by atoms with Gasteiger partial charge in [-0.1, -0.05) is 31.1 Å². The van der Waals surface area contributed by atoms with Crippen LogP contribution >= 0.6 is 24.0 Å². The highest BCUT2D eigenvalue weighted by atomic mass is 127. The number of nitrogens with one attached hydrogen (secondary N) is 2. The number of guanidine groups is 1. The summed E-state index contributed by atoms with van der Waals surface area (Å²) in [5, 5.41) is 10.5. The van der Waals surface area contributed by atoms with E-state index in [1.54, 1.807) is 18.2 Å². The Kier molecular flexibility index (Phi) is 11.0. The SMILES string of the molecule is CCNC(=NCc1cccc(OCC(F)(F)F)c1)NCc1c(CC)noc1CC.I. The number of rotatable bonds is 9. The van der Waals surface area contributed by atoms with Gasteiger partial charge in [0.2, 0.25) is 0 Å². The van der Waals surface area contributed by atoms with Gasteiger partial charge in [0.25, 0.3) is 0 Å². The van der Waals surface area contributed by atoms with Crippen molar-refractivity contribution < 1.29 is 22.4 Å². The van der Waals surface area contributed by atoms with Gasteiger partial charge in [-0.25, -0.2) is 4.99 Å². The van der Waals surface area contributed by atoms with E-state index in [2.05, 4.69) is 20.8 Å². The number of ether oxygens (including phenoxy) is 1. The van der Waals surface area contributed by atoms with Gasteiger partial charge in [-0.2, -0.15) is 13.2 Å². The van der Waals surface area contributed by atoms with Gasteiger partial charge in [0.1, 0.15) is 11.5 Å². The summed E-state index contributed by atoms with van der Waals surface area (Å²) in [6, 6.07) is 6.49. The molecule has 2 rings (SSSR count). The molecular formula is C20H28F3IN4O2. The van der Waals surface area contributed by atoms with Gasteiger partial charge in [-0.15, -0.1) is 24.0 Å². The van der Waals surface area contributed by atoms with Gasteiger partial charge < -0.3 is 19.9 Å². The largest absolute Gasteiger partial charge is 0.484 e. The summed E-state index contributed by atoms with van der Waals surface area (Å²) < 4.78 is 47.1. The number of hydrogen-bond acceptors (Lipinski definition) is 4. The fraction of sp³-hybridized carbons (Fsp3) is 0.500. The van der Waals surface area contributed by atoms with Crippen LogP contribution in [0.2, 0.25) is 0 Å². The van der Waals surface area contributed by atoms with Crippen LogP contribution in [0.5, 0.6) is 5.75 Å². The first kappa shape index (κ1) is 26.1. The normalized spacial score (nSPS) is 11.7. The Morgan fingerprint density at radius 3 is 2.57 bits per heavy atom. The van der Waals surface area contributed by atoms with Crippen LogP contribution in [0.3, 0.4) is 0 Å². The van der Waals surface area contributed by atoms with E-state index < -0.39 is 12.8 Å². The molecule has 10 heteroatoms. The number of nitrogens with zero attached hydrogens (tertiary/aromatic N) is 2. The maximum Gasteiger partial charge on any atom is 0.422 e. The lowest BCUT2D eigenvalue weighted by Gasteiger charge is -2.12. The van der Waals surface area contributed by atoms with E-state index in [9.17, 15) is 13.2 Å². The second-order valence-electron chi connectivity index (χ2n) is 6.34. The van der Waals surface area contributed by atoms with Gasteiger partial charge in [-0.05, 0) is 31.0 Å². The lowest BCUT2D eigenvalue weighted by atomic mass is 10.1. The Labute approximate surface area is 191 Å². The zero-order chi connectivity index (χ0) is 21.3. The number of aromatic nitrogens is 1. The van der Waals surface area contributed by atoms with Gasteiger partial charge in [-0.3, -0.25) is 0 Å². The van der Waals surface area contributed by atoms with Crippen LogP contribution < -0.4 is 15.4 Å². The molecule has 0 unspecified atom stereocenters. The van der Waals surface area contributed by atoms with Crippen LogP contribution in [0.25, 0.3) is 0 Å². The molecule has 0 saturated heterocycles. The smallest absolute Gasteiger partial charge is 0.422 e. The van der Waals surface area contributed by atoms with Gasteiger partial charge >= 0.3 is 6.18 Å². The number of halogens is 4.